The average Bonchev–Trinajstić information content (AvgIpc) is 3.18. The zero-order valence-corrected chi connectivity index (χ0v) is 25.0. The van der Waals surface area contributed by atoms with E-state index in [4.69, 9.17) is 37.4 Å². The van der Waals surface area contributed by atoms with Crippen molar-refractivity contribution < 1.29 is 28.6 Å². The number of nitrogens with zero attached hydrogens (tertiary/aromatic N) is 1. The van der Waals surface area contributed by atoms with Gasteiger partial charge >= 0.3 is 0 Å². The number of anilines is 1. The maximum atomic E-state index is 13.0. The van der Waals surface area contributed by atoms with Gasteiger partial charge in [0.25, 0.3) is 17.1 Å². The number of benzene rings is 3. The second-order valence-corrected chi connectivity index (χ2v) is 10.9. The first-order valence-corrected chi connectivity index (χ1v) is 14.4. The maximum absolute atomic E-state index is 13.0. The zero-order chi connectivity index (χ0) is 28.6. The highest BCUT2D eigenvalue weighted by Crippen LogP contribution is 2.39. The van der Waals surface area contributed by atoms with Gasteiger partial charge in [-0.3, -0.25) is 19.3 Å². The Morgan fingerprint density at radius 2 is 1.73 bits per heavy atom. The van der Waals surface area contributed by atoms with Gasteiger partial charge in [-0.25, -0.2) is 0 Å². The topological polar surface area (TPSA) is 94.2 Å². The van der Waals surface area contributed by atoms with Gasteiger partial charge in [0.2, 0.25) is 0 Å². The van der Waals surface area contributed by atoms with Gasteiger partial charge in [-0.1, -0.05) is 47.5 Å². The number of imide groups is 1. The predicted octanol–water partition coefficient (Wildman–Crippen LogP) is 7.29. The third-order valence-electron chi connectivity index (χ3n) is 5.41. The maximum Gasteiger partial charge on any atom is 0.293 e. The van der Waals surface area contributed by atoms with Crippen LogP contribution >= 0.6 is 50.9 Å². The number of carbonyl (C=O) groups excluding carboxylic acids is 3. The molecule has 0 saturated carbocycles. The van der Waals surface area contributed by atoms with E-state index >= 15 is 0 Å². The predicted molar refractivity (Wildman–Crippen MR) is 161 cm³/mol. The SMILES string of the molecule is CCOc1cc(/C=C2\SC(=O)N(CCOc3ccccc3Cl)C2=O)cc(Br)c1OCC(=O)Nc1ccccc1Cl. The molecule has 208 valence electrons. The van der Waals surface area contributed by atoms with E-state index < -0.39 is 17.1 Å². The lowest BCUT2D eigenvalue weighted by Crippen LogP contribution is -2.32. The Bertz CT molecular complexity index is 1470. The van der Waals surface area contributed by atoms with E-state index in [0.29, 0.717) is 49.6 Å². The van der Waals surface area contributed by atoms with Crippen LogP contribution in [0.15, 0.2) is 70.0 Å². The third-order valence-corrected chi connectivity index (χ3v) is 7.55. The van der Waals surface area contributed by atoms with Crippen LogP contribution in [0.3, 0.4) is 0 Å². The van der Waals surface area contributed by atoms with E-state index in [1.165, 1.54) is 0 Å². The van der Waals surface area contributed by atoms with Crippen LogP contribution in [0.2, 0.25) is 10.0 Å². The molecule has 40 heavy (non-hydrogen) atoms. The van der Waals surface area contributed by atoms with E-state index in [0.717, 1.165) is 16.7 Å². The molecule has 0 spiro atoms. The summed E-state index contributed by atoms with van der Waals surface area (Å²) in [6.07, 6.45) is 1.60. The summed E-state index contributed by atoms with van der Waals surface area (Å²) in [6, 6.07) is 17.2. The number of rotatable bonds is 11. The Kier molecular flexibility index (Phi) is 10.4. The summed E-state index contributed by atoms with van der Waals surface area (Å²) in [5.41, 5.74) is 1.07. The summed E-state index contributed by atoms with van der Waals surface area (Å²) < 4.78 is 17.6. The second-order valence-electron chi connectivity index (χ2n) is 8.19. The van der Waals surface area contributed by atoms with Crippen molar-refractivity contribution in [3.63, 3.8) is 0 Å². The van der Waals surface area contributed by atoms with Gasteiger partial charge in [0.05, 0.1) is 38.3 Å². The van der Waals surface area contributed by atoms with E-state index in [-0.39, 0.29) is 24.7 Å². The highest BCUT2D eigenvalue weighted by molar-refractivity contribution is 9.10. The lowest BCUT2D eigenvalue weighted by atomic mass is 10.2. The minimum Gasteiger partial charge on any atom is -0.490 e. The Morgan fingerprint density at radius 1 is 1.00 bits per heavy atom. The molecule has 0 atom stereocenters. The van der Waals surface area contributed by atoms with E-state index in [9.17, 15) is 14.4 Å². The van der Waals surface area contributed by atoms with Crippen LogP contribution in [-0.4, -0.2) is 48.3 Å². The average molecular weight is 666 g/mol. The van der Waals surface area contributed by atoms with Crippen molar-refractivity contribution >= 4 is 79.7 Å². The van der Waals surface area contributed by atoms with Crippen molar-refractivity contribution in [2.45, 2.75) is 6.92 Å². The molecule has 1 saturated heterocycles. The number of halogens is 3. The van der Waals surface area contributed by atoms with Gasteiger partial charge in [0.15, 0.2) is 18.1 Å². The molecule has 12 heteroatoms. The summed E-state index contributed by atoms with van der Waals surface area (Å²) in [6.45, 7) is 2.03. The molecule has 0 aromatic heterocycles. The van der Waals surface area contributed by atoms with Crippen molar-refractivity contribution in [3.8, 4) is 17.2 Å². The summed E-state index contributed by atoms with van der Waals surface area (Å²) in [7, 11) is 0. The monoisotopic (exact) mass is 664 g/mol. The largest absolute Gasteiger partial charge is 0.490 e. The Labute approximate surface area is 253 Å². The number of ether oxygens (including phenoxy) is 3. The molecule has 0 radical (unpaired) electrons. The first-order chi connectivity index (χ1) is 19.3. The molecular weight excluding hydrogens is 643 g/mol. The number of thioether (sulfide) groups is 1. The minimum atomic E-state index is -0.427. The molecule has 0 bridgehead atoms. The molecule has 3 aromatic carbocycles. The number of hydrogen-bond acceptors (Lipinski definition) is 7. The first kappa shape index (κ1) is 29.8. The minimum absolute atomic E-state index is 0.0736. The van der Waals surface area contributed by atoms with Crippen LogP contribution in [0.5, 0.6) is 17.2 Å². The van der Waals surface area contributed by atoms with Gasteiger partial charge < -0.3 is 19.5 Å². The summed E-state index contributed by atoms with van der Waals surface area (Å²) >= 11 is 16.5. The number of para-hydroxylation sites is 2. The Morgan fingerprint density at radius 3 is 2.45 bits per heavy atom. The second kappa shape index (κ2) is 13.9. The van der Waals surface area contributed by atoms with Crippen LogP contribution in [0, 0.1) is 0 Å². The fourth-order valence-corrected chi connectivity index (χ4v) is 5.43. The number of nitrogens with one attached hydrogen (secondary N) is 1. The lowest BCUT2D eigenvalue weighted by Gasteiger charge is -2.15. The molecule has 1 aliphatic rings. The molecule has 3 aromatic rings. The van der Waals surface area contributed by atoms with E-state index in [1.54, 1.807) is 66.7 Å². The van der Waals surface area contributed by atoms with Gasteiger partial charge in [-0.2, -0.15) is 0 Å². The van der Waals surface area contributed by atoms with Gasteiger partial charge in [0.1, 0.15) is 12.4 Å². The number of amides is 3. The molecule has 1 N–H and O–H groups in total. The van der Waals surface area contributed by atoms with Gasteiger partial charge in [-0.15, -0.1) is 0 Å². The van der Waals surface area contributed by atoms with E-state index in [2.05, 4.69) is 21.2 Å². The van der Waals surface area contributed by atoms with Crippen molar-refractivity contribution in [3.05, 3.63) is 85.7 Å². The third kappa shape index (κ3) is 7.51. The van der Waals surface area contributed by atoms with Crippen LogP contribution in [0.4, 0.5) is 10.5 Å². The van der Waals surface area contributed by atoms with Crippen LogP contribution in [0.25, 0.3) is 6.08 Å². The fraction of sp³-hybridized carbons (Fsp3) is 0.179. The molecule has 4 rings (SSSR count). The summed E-state index contributed by atoms with van der Waals surface area (Å²) in [5, 5.41) is 3.16. The van der Waals surface area contributed by atoms with Crippen LogP contribution < -0.4 is 19.5 Å². The standard InChI is InChI=1S/C28H23BrCl2N2O6S/c1-2-37-23-14-17(13-18(29)26(23)39-16-25(34)32-21-9-5-3-7-19(21)30)15-24-27(35)33(28(36)40-24)11-12-38-22-10-6-4-8-20(22)31/h3-10,13-15H,2,11-12,16H2,1H3,(H,32,34)/b24-15-. The summed E-state index contributed by atoms with van der Waals surface area (Å²) in [5.74, 6) is 0.324. The Balaban J connectivity index is 1.43. The highest BCUT2D eigenvalue weighted by Gasteiger charge is 2.35. The van der Waals surface area contributed by atoms with Crippen molar-refractivity contribution in [1.82, 2.24) is 4.90 Å². The van der Waals surface area contributed by atoms with Gasteiger partial charge in [-0.05, 0) is 82.7 Å². The molecule has 8 nitrogen and oxygen atoms in total. The fourth-order valence-electron chi connectivity index (χ4n) is 3.61. The first-order valence-electron chi connectivity index (χ1n) is 12.0. The molecule has 3 amide bonds. The normalized spacial score (nSPS) is 14.0. The molecule has 1 fully saturated rings. The lowest BCUT2D eigenvalue weighted by molar-refractivity contribution is -0.123. The molecule has 1 aliphatic heterocycles. The van der Waals surface area contributed by atoms with Crippen LogP contribution in [-0.2, 0) is 9.59 Å². The van der Waals surface area contributed by atoms with Crippen LogP contribution in [0.1, 0.15) is 12.5 Å². The molecule has 0 aliphatic carbocycles. The van der Waals surface area contributed by atoms with Crippen molar-refractivity contribution in [2.24, 2.45) is 0 Å². The molecule has 1 heterocycles. The quantitative estimate of drug-likeness (QED) is 0.215. The zero-order valence-electron chi connectivity index (χ0n) is 21.1. The molecule has 0 unspecified atom stereocenters. The van der Waals surface area contributed by atoms with Crippen molar-refractivity contribution in [2.75, 3.05) is 31.7 Å². The smallest absolute Gasteiger partial charge is 0.293 e. The number of carbonyl (C=O) groups is 3. The Hall–Kier alpha value is -3.18. The van der Waals surface area contributed by atoms with Crippen molar-refractivity contribution in [1.29, 1.82) is 0 Å². The molecular formula is C28H23BrCl2N2O6S. The van der Waals surface area contributed by atoms with E-state index in [1.807, 2.05) is 6.92 Å². The summed E-state index contributed by atoms with van der Waals surface area (Å²) in [4.78, 5) is 39.3. The number of hydrogen-bond donors (Lipinski definition) is 1. The highest BCUT2D eigenvalue weighted by atomic mass is 79.9. The van der Waals surface area contributed by atoms with Gasteiger partial charge in [0, 0.05) is 0 Å².